The van der Waals surface area contributed by atoms with E-state index in [1.807, 2.05) is 45.0 Å². The van der Waals surface area contributed by atoms with E-state index in [0.29, 0.717) is 12.2 Å². The molecule has 0 saturated heterocycles. The predicted octanol–water partition coefficient (Wildman–Crippen LogP) is 1.73. The summed E-state index contributed by atoms with van der Waals surface area (Å²) in [6.07, 6.45) is 1.64. The highest BCUT2D eigenvalue weighted by atomic mass is 35.5. The fraction of sp³-hybridized carbons (Fsp3) is 0.400. The topological polar surface area (TPSA) is 71.8 Å². The highest BCUT2D eigenvalue weighted by Gasteiger charge is 2.12. The Kier molecular flexibility index (Phi) is 7.01. The highest BCUT2D eigenvalue weighted by molar-refractivity contribution is 5.91. The average molecular weight is 324 g/mol. The van der Waals surface area contributed by atoms with Crippen molar-refractivity contribution in [3.8, 4) is 5.69 Å². The number of aryl methyl sites for hydroxylation is 1. The van der Waals surface area contributed by atoms with Crippen molar-refractivity contribution in [3.05, 3.63) is 41.7 Å². The van der Waals surface area contributed by atoms with Crippen molar-refractivity contribution >= 4 is 18.3 Å². The number of carbonyl (C=O) groups excluding carboxylic acids is 1. The molecule has 0 aliphatic carbocycles. The van der Waals surface area contributed by atoms with E-state index in [1.165, 1.54) is 0 Å². The summed E-state index contributed by atoms with van der Waals surface area (Å²) in [5.74, 6) is -0.210. The molecule has 0 aliphatic heterocycles. The zero-order valence-electron chi connectivity index (χ0n) is 13.0. The molecule has 1 amide bonds. The maximum atomic E-state index is 12.0. The van der Waals surface area contributed by atoms with E-state index < -0.39 is 0 Å². The van der Waals surface area contributed by atoms with Gasteiger partial charge in [0.1, 0.15) is 0 Å². The van der Waals surface area contributed by atoms with Crippen LogP contribution in [0.1, 0.15) is 29.9 Å². The lowest BCUT2D eigenvalue weighted by Crippen LogP contribution is -2.38. The van der Waals surface area contributed by atoms with Gasteiger partial charge < -0.3 is 10.6 Å². The molecule has 2 aromatic rings. The van der Waals surface area contributed by atoms with E-state index in [-0.39, 0.29) is 24.4 Å². The molecule has 6 nitrogen and oxygen atoms in total. The molecular weight excluding hydrogens is 302 g/mol. The quantitative estimate of drug-likeness (QED) is 0.849. The van der Waals surface area contributed by atoms with Gasteiger partial charge in [-0.3, -0.25) is 4.79 Å². The van der Waals surface area contributed by atoms with Gasteiger partial charge in [-0.1, -0.05) is 24.3 Å². The van der Waals surface area contributed by atoms with Crippen LogP contribution in [-0.4, -0.2) is 40.0 Å². The minimum Gasteiger partial charge on any atom is -0.349 e. The lowest BCUT2D eigenvalue weighted by atomic mass is 10.2. The van der Waals surface area contributed by atoms with Crippen molar-refractivity contribution in [2.24, 2.45) is 0 Å². The first-order valence-electron chi connectivity index (χ1n) is 7.11. The summed E-state index contributed by atoms with van der Waals surface area (Å²) in [5, 5.41) is 14.0. The normalized spacial score (nSPS) is 11.6. The van der Waals surface area contributed by atoms with Crippen LogP contribution in [0.15, 0.2) is 30.5 Å². The molecule has 0 saturated carbocycles. The molecule has 2 N–H and O–H groups in total. The number of amides is 1. The van der Waals surface area contributed by atoms with Crippen molar-refractivity contribution in [1.82, 2.24) is 25.6 Å². The van der Waals surface area contributed by atoms with Gasteiger partial charge in [0.2, 0.25) is 0 Å². The number of hydrogen-bond donors (Lipinski definition) is 2. The smallest absolute Gasteiger partial charge is 0.273 e. The standard InChI is InChI=1S/C15H21N5O.ClH/c1-4-16-12(3)9-17-15(21)14-10-20(19-18-14)13-7-5-6-11(2)8-13;/h5-8,10,12,16H,4,9H2,1-3H3,(H,17,21);1H/t12-;/m1./s1. The Morgan fingerprint density at radius 1 is 1.41 bits per heavy atom. The zero-order valence-corrected chi connectivity index (χ0v) is 13.9. The van der Waals surface area contributed by atoms with Gasteiger partial charge >= 0.3 is 0 Å². The second-order valence-corrected chi connectivity index (χ2v) is 5.06. The minimum absolute atomic E-state index is 0. The van der Waals surface area contributed by atoms with Crippen molar-refractivity contribution in [2.75, 3.05) is 13.1 Å². The van der Waals surface area contributed by atoms with Gasteiger partial charge in [-0.25, -0.2) is 4.68 Å². The number of nitrogens with one attached hydrogen (secondary N) is 2. The number of aromatic nitrogens is 3. The van der Waals surface area contributed by atoms with Crippen LogP contribution in [-0.2, 0) is 0 Å². The lowest BCUT2D eigenvalue weighted by molar-refractivity contribution is 0.0945. The van der Waals surface area contributed by atoms with Gasteiger partial charge in [-0.2, -0.15) is 0 Å². The number of rotatable bonds is 6. The molecule has 120 valence electrons. The van der Waals surface area contributed by atoms with Crippen LogP contribution in [0, 0.1) is 6.92 Å². The van der Waals surface area contributed by atoms with Crippen LogP contribution < -0.4 is 10.6 Å². The Morgan fingerprint density at radius 2 is 2.18 bits per heavy atom. The summed E-state index contributed by atoms with van der Waals surface area (Å²) in [4.78, 5) is 12.0. The van der Waals surface area contributed by atoms with E-state index in [0.717, 1.165) is 17.8 Å². The second-order valence-electron chi connectivity index (χ2n) is 5.06. The average Bonchev–Trinajstić information content (AvgIpc) is 2.95. The fourth-order valence-corrected chi connectivity index (χ4v) is 2.02. The Morgan fingerprint density at radius 3 is 2.86 bits per heavy atom. The van der Waals surface area contributed by atoms with Crippen LogP contribution >= 0.6 is 12.4 Å². The molecule has 1 heterocycles. The summed E-state index contributed by atoms with van der Waals surface area (Å²) < 4.78 is 1.61. The largest absolute Gasteiger partial charge is 0.349 e. The van der Waals surface area contributed by atoms with Crippen LogP contribution in [0.5, 0.6) is 0 Å². The summed E-state index contributed by atoms with van der Waals surface area (Å²) in [6.45, 7) is 7.50. The third-order valence-corrected chi connectivity index (χ3v) is 3.11. The molecular formula is C15H22ClN5O. The summed E-state index contributed by atoms with van der Waals surface area (Å²) in [5.41, 5.74) is 2.34. The molecule has 1 aromatic heterocycles. The summed E-state index contributed by atoms with van der Waals surface area (Å²) in [7, 11) is 0. The molecule has 0 bridgehead atoms. The molecule has 2 rings (SSSR count). The number of benzene rings is 1. The van der Waals surface area contributed by atoms with Gasteiger partial charge in [0.15, 0.2) is 5.69 Å². The first-order chi connectivity index (χ1) is 10.1. The van der Waals surface area contributed by atoms with Crippen LogP contribution in [0.3, 0.4) is 0 Å². The molecule has 0 unspecified atom stereocenters. The molecule has 0 aliphatic rings. The predicted molar refractivity (Wildman–Crippen MR) is 88.8 cm³/mol. The number of likely N-dealkylation sites (N-methyl/N-ethyl adjacent to an activating group) is 1. The third kappa shape index (κ3) is 4.82. The molecule has 1 aromatic carbocycles. The van der Waals surface area contributed by atoms with Gasteiger partial charge in [-0.15, -0.1) is 17.5 Å². The highest BCUT2D eigenvalue weighted by Crippen LogP contribution is 2.09. The van der Waals surface area contributed by atoms with Crippen molar-refractivity contribution in [1.29, 1.82) is 0 Å². The Hall–Kier alpha value is -1.92. The fourth-order valence-electron chi connectivity index (χ4n) is 2.02. The van der Waals surface area contributed by atoms with Gasteiger partial charge in [0, 0.05) is 12.6 Å². The maximum absolute atomic E-state index is 12.0. The maximum Gasteiger partial charge on any atom is 0.273 e. The molecule has 7 heteroatoms. The molecule has 1 atom stereocenters. The number of hydrogen-bond acceptors (Lipinski definition) is 4. The van der Waals surface area contributed by atoms with Gasteiger partial charge in [0.25, 0.3) is 5.91 Å². The second kappa shape index (κ2) is 8.51. The van der Waals surface area contributed by atoms with Crippen LogP contribution in [0.25, 0.3) is 5.69 Å². The first-order valence-corrected chi connectivity index (χ1v) is 7.11. The number of carbonyl (C=O) groups is 1. The Balaban J connectivity index is 0.00000242. The molecule has 0 radical (unpaired) electrons. The van der Waals surface area contributed by atoms with Crippen molar-refractivity contribution in [2.45, 2.75) is 26.8 Å². The van der Waals surface area contributed by atoms with E-state index in [1.54, 1.807) is 10.9 Å². The molecule has 22 heavy (non-hydrogen) atoms. The number of halogens is 1. The van der Waals surface area contributed by atoms with Crippen molar-refractivity contribution in [3.63, 3.8) is 0 Å². The number of nitrogens with zero attached hydrogens (tertiary/aromatic N) is 3. The third-order valence-electron chi connectivity index (χ3n) is 3.11. The van der Waals surface area contributed by atoms with Crippen LogP contribution in [0.4, 0.5) is 0 Å². The van der Waals surface area contributed by atoms with Crippen molar-refractivity contribution < 1.29 is 4.79 Å². The Bertz CT molecular complexity index is 613. The zero-order chi connectivity index (χ0) is 15.2. The molecule has 0 fully saturated rings. The molecule has 0 spiro atoms. The monoisotopic (exact) mass is 323 g/mol. The SMILES string of the molecule is CCN[C@H](C)CNC(=O)c1cn(-c2cccc(C)c2)nn1.Cl. The van der Waals surface area contributed by atoms with Crippen LogP contribution in [0.2, 0.25) is 0 Å². The minimum atomic E-state index is -0.210. The van der Waals surface area contributed by atoms with Gasteiger partial charge in [0.05, 0.1) is 11.9 Å². The summed E-state index contributed by atoms with van der Waals surface area (Å²) in [6, 6.07) is 8.10. The van der Waals surface area contributed by atoms with E-state index in [2.05, 4.69) is 20.9 Å². The summed E-state index contributed by atoms with van der Waals surface area (Å²) >= 11 is 0. The van der Waals surface area contributed by atoms with Gasteiger partial charge in [-0.05, 0) is 38.1 Å². The first kappa shape index (κ1) is 18.1. The van der Waals surface area contributed by atoms with E-state index in [4.69, 9.17) is 0 Å². The Labute approximate surface area is 136 Å². The lowest BCUT2D eigenvalue weighted by Gasteiger charge is -2.12. The van der Waals surface area contributed by atoms with E-state index in [9.17, 15) is 4.79 Å². The van der Waals surface area contributed by atoms with E-state index >= 15 is 0 Å².